The molecule has 19 heavy (non-hydrogen) atoms. The van der Waals surface area contributed by atoms with Crippen LogP contribution in [0.4, 0.5) is 0 Å². The second-order valence-corrected chi connectivity index (χ2v) is 4.85. The summed E-state index contributed by atoms with van der Waals surface area (Å²) >= 11 is 0. The van der Waals surface area contributed by atoms with Crippen molar-refractivity contribution in [1.29, 1.82) is 0 Å². The highest BCUT2D eigenvalue weighted by Gasteiger charge is 2.08. The van der Waals surface area contributed by atoms with E-state index >= 15 is 0 Å². The second-order valence-electron chi connectivity index (χ2n) is 4.85. The molecule has 1 N–H and O–H groups in total. The molecule has 0 aliphatic rings. The van der Waals surface area contributed by atoms with Crippen LogP contribution in [0.3, 0.4) is 0 Å². The Morgan fingerprint density at radius 3 is 3.00 bits per heavy atom. The number of aryl methyl sites for hydroxylation is 2. The Kier molecular flexibility index (Phi) is 4.31. The molecule has 2 rings (SSSR count). The van der Waals surface area contributed by atoms with Gasteiger partial charge in [-0.1, -0.05) is 6.92 Å². The number of fused-ring (bicyclic) bond motifs is 1. The number of nitrogens with one attached hydrogen (secondary N) is 1. The van der Waals surface area contributed by atoms with Crippen LogP contribution in [0.2, 0.25) is 0 Å². The maximum atomic E-state index is 12.2. The number of nitrogens with zero attached hydrogens (tertiary/aromatic N) is 4. The number of rotatable bonds is 6. The average molecular weight is 263 g/mol. The Morgan fingerprint density at radius 2 is 2.26 bits per heavy atom. The van der Waals surface area contributed by atoms with E-state index < -0.39 is 0 Å². The monoisotopic (exact) mass is 263 g/mol. The van der Waals surface area contributed by atoms with Gasteiger partial charge in [0, 0.05) is 19.6 Å². The third-order valence-electron chi connectivity index (χ3n) is 3.31. The lowest BCUT2D eigenvalue weighted by atomic mass is 10.2. The summed E-state index contributed by atoms with van der Waals surface area (Å²) in [6.45, 7) is 5.94. The zero-order valence-corrected chi connectivity index (χ0v) is 11.8. The van der Waals surface area contributed by atoms with Crippen molar-refractivity contribution in [1.82, 2.24) is 24.6 Å². The summed E-state index contributed by atoms with van der Waals surface area (Å²) in [5.74, 6) is 0. The van der Waals surface area contributed by atoms with Crippen LogP contribution >= 0.6 is 0 Å². The summed E-state index contributed by atoms with van der Waals surface area (Å²) in [5, 5.41) is 8.01. The van der Waals surface area contributed by atoms with E-state index in [-0.39, 0.29) is 5.56 Å². The van der Waals surface area contributed by atoms with E-state index in [1.807, 2.05) is 0 Å². The molecule has 2 aromatic heterocycles. The predicted molar refractivity (Wildman–Crippen MR) is 75.1 cm³/mol. The van der Waals surface area contributed by atoms with Gasteiger partial charge in [-0.25, -0.2) is 4.98 Å². The van der Waals surface area contributed by atoms with Crippen molar-refractivity contribution < 1.29 is 0 Å². The van der Waals surface area contributed by atoms with Crippen molar-refractivity contribution in [2.24, 2.45) is 7.05 Å². The molecular weight excluding hydrogens is 242 g/mol. The molecule has 2 heterocycles. The van der Waals surface area contributed by atoms with Crippen molar-refractivity contribution in [2.75, 3.05) is 6.54 Å². The summed E-state index contributed by atoms with van der Waals surface area (Å²) < 4.78 is 3.29. The SMILES string of the molecule is CCNC(C)CCCn1cnc2c(cnn2C)c1=O. The third kappa shape index (κ3) is 3.01. The Hall–Kier alpha value is -1.69. The molecule has 0 radical (unpaired) electrons. The molecular formula is C13H21N5O. The number of hydrogen-bond donors (Lipinski definition) is 1. The first kappa shape index (κ1) is 13.7. The molecule has 6 heteroatoms. The normalized spacial score (nSPS) is 13.0. The maximum Gasteiger partial charge on any atom is 0.264 e. The highest BCUT2D eigenvalue weighted by molar-refractivity contribution is 5.72. The molecule has 0 amide bonds. The van der Waals surface area contributed by atoms with E-state index in [0.717, 1.165) is 19.4 Å². The van der Waals surface area contributed by atoms with Gasteiger partial charge < -0.3 is 5.32 Å². The fourth-order valence-corrected chi connectivity index (χ4v) is 2.24. The molecule has 0 spiro atoms. The molecule has 104 valence electrons. The summed E-state index contributed by atoms with van der Waals surface area (Å²) in [7, 11) is 1.79. The van der Waals surface area contributed by atoms with E-state index in [1.54, 1.807) is 28.8 Å². The lowest BCUT2D eigenvalue weighted by molar-refractivity contribution is 0.481. The number of aromatic nitrogens is 4. The zero-order chi connectivity index (χ0) is 13.8. The van der Waals surface area contributed by atoms with Crippen LogP contribution in [0.15, 0.2) is 17.3 Å². The molecule has 6 nitrogen and oxygen atoms in total. The first-order valence-electron chi connectivity index (χ1n) is 6.74. The second kappa shape index (κ2) is 5.97. The van der Waals surface area contributed by atoms with E-state index in [1.165, 1.54) is 0 Å². The summed E-state index contributed by atoms with van der Waals surface area (Å²) in [5.41, 5.74) is 0.636. The van der Waals surface area contributed by atoms with Crippen molar-refractivity contribution in [3.63, 3.8) is 0 Å². The first-order valence-corrected chi connectivity index (χ1v) is 6.74. The van der Waals surface area contributed by atoms with Gasteiger partial charge in [0.15, 0.2) is 5.65 Å². The van der Waals surface area contributed by atoms with Gasteiger partial charge in [-0.05, 0) is 26.3 Å². The Balaban J connectivity index is 2.05. The fourth-order valence-electron chi connectivity index (χ4n) is 2.24. The van der Waals surface area contributed by atoms with Crippen molar-refractivity contribution in [3.8, 4) is 0 Å². The van der Waals surface area contributed by atoms with Gasteiger partial charge in [0.25, 0.3) is 5.56 Å². The number of hydrogen-bond acceptors (Lipinski definition) is 4. The minimum atomic E-state index is -0.00537. The van der Waals surface area contributed by atoms with Gasteiger partial charge in [0.1, 0.15) is 5.39 Å². The minimum Gasteiger partial charge on any atom is -0.315 e. The summed E-state index contributed by atoms with van der Waals surface area (Å²) in [6, 6.07) is 0.482. The highest BCUT2D eigenvalue weighted by atomic mass is 16.1. The zero-order valence-electron chi connectivity index (χ0n) is 11.8. The minimum absolute atomic E-state index is 0.00537. The topological polar surface area (TPSA) is 64.7 Å². The molecule has 1 unspecified atom stereocenters. The van der Waals surface area contributed by atoms with E-state index in [2.05, 4.69) is 29.2 Å². The van der Waals surface area contributed by atoms with Gasteiger partial charge in [0.05, 0.1) is 12.5 Å². The molecule has 0 saturated heterocycles. The molecule has 2 aromatic rings. The Morgan fingerprint density at radius 1 is 1.47 bits per heavy atom. The maximum absolute atomic E-state index is 12.2. The summed E-state index contributed by atoms with van der Waals surface area (Å²) in [6.07, 6.45) is 5.21. The fraction of sp³-hybridized carbons (Fsp3) is 0.615. The van der Waals surface area contributed by atoms with E-state index in [0.29, 0.717) is 23.6 Å². The smallest absolute Gasteiger partial charge is 0.264 e. The molecule has 0 aliphatic heterocycles. The van der Waals surface area contributed by atoms with E-state index in [9.17, 15) is 4.79 Å². The molecule has 0 saturated carbocycles. The highest BCUT2D eigenvalue weighted by Crippen LogP contribution is 2.04. The van der Waals surface area contributed by atoms with E-state index in [4.69, 9.17) is 0 Å². The van der Waals surface area contributed by atoms with Gasteiger partial charge in [-0.2, -0.15) is 5.10 Å². The lowest BCUT2D eigenvalue weighted by Crippen LogP contribution is -2.26. The van der Waals surface area contributed by atoms with Gasteiger partial charge >= 0.3 is 0 Å². The van der Waals surface area contributed by atoms with Crippen LogP contribution in [0.1, 0.15) is 26.7 Å². The van der Waals surface area contributed by atoms with Crippen LogP contribution < -0.4 is 10.9 Å². The summed E-state index contributed by atoms with van der Waals surface area (Å²) in [4.78, 5) is 16.5. The largest absolute Gasteiger partial charge is 0.315 e. The van der Waals surface area contributed by atoms with Crippen molar-refractivity contribution in [3.05, 3.63) is 22.9 Å². The lowest BCUT2D eigenvalue weighted by Gasteiger charge is -2.12. The van der Waals surface area contributed by atoms with Gasteiger partial charge in [-0.15, -0.1) is 0 Å². The van der Waals surface area contributed by atoms with Crippen LogP contribution in [-0.2, 0) is 13.6 Å². The van der Waals surface area contributed by atoms with Crippen molar-refractivity contribution in [2.45, 2.75) is 39.3 Å². The standard InChI is InChI=1S/C13H21N5O/c1-4-14-10(2)6-5-7-18-9-15-12-11(13(18)19)8-16-17(12)3/h8-10,14H,4-7H2,1-3H3. The predicted octanol–water partition coefficient (Wildman–Crippen LogP) is 0.908. The molecule has 0 bridgehead atoms. The quantitative estimate of drug-likeness (QED) is 0.841. The van der Waals surface area contributed by atoms with Crippen LogP contribution in [0, 0.1) is 0 Å². The Labute approximate surface area is 112 Å². The van der Waals surface area contributed by atoms with Crippen molar-refractivity contribution >= 4 is 11.0 Å². The van der Waals surface area contributed by atoms with Gasteiger partial charge in [0.2, 0.25) is 0 Å². The third-order valence-corrected chi connectivity index (χ3v) is 3.31. The molecule has 0 aliphatic carbocycles. The Bertz CT molecular complexity index is 601. The van der Waals surface area contributed by atoms with Gasteiger partial charge in [-0.3, -0.25) is 14.0 Å². The molecule has 0 aromatic carbocycles. The molecule has 1 atom stereocenters. The average Bonchev–Trinajstić information content (AvgIpc) is 2.75. The van der Waals surface area contributed by atoms with Crippen LogP contribution in [-0.4, -0.2) is 31.9 Å². The van der Waals surface area contributed by atoms with Crippen LogP contribution in [0.25, 0.3) is 11.0 Å². The first-order chi connectivity index (χ1) is 9.13. The molecule has 0 fully saturated rings. The van der Waals surface area contributed by atoms with Crippen LogP contribution in [0.5, 0.6) is 0 Å².